The van der Waals surface area contributed by atoms with Gasteiger partial charge in [0.15, 0.2) is 5.11 Å². The molecule has 2 aromatic rings. The van der Waals surface area contributed by atoms with E-state index in [4.69, 9.17) is 26.7 Å². The molecule has 0 saturated carbocycles. The second kappa shape index (κ2) is 10.5. The molecule has 8 heteroatoms. The SMILES string of the molecule is S=C(NC[C@H]1CCCO1)Nc1nc(Oc2ccccc2)cc(N2CCCCCC2)n1. The summed E-state index contributed by atoms with van der Waals surface area (Å²) in [6.07, 6.45) is 7.24. The van der Waals surface area contributed by atoms with Gasteiger partial charge >= 0.3 is 0 Å². The Kier molecular flexibility index (Phi) is 7.31. The Labute approximate surface area is 183 Å². The van der Waals surface area contributed by atoms with Gasteiger partial charge in [-0.25, -0.2) is 0 Å². The van der Waals surface area contributed by atoms with Crippen molar-refractivity contribution in [1.29, 1.82) is 0 Å². The van der Waals surface area contributed by atoms with E-state index in [0.717, 1.165) is 44.1 Å². The van der Waals surface area contributed by atoms with Crippen LogP contribution in [0.4, 0.5) is 11.8 Å². The average Bonchev–Trinajstić information content (AvgIpc) is 3.13. The number of hydrogen-bond acceptors (Lipinski definition) is 6. The molecule has 1 aromatic carbocycles. The highest BCUT2D eigenvalue weighted by Crippen LogP contribution is 2.26. The van der Waals surface area contributed by atoms with E-state index < -0.39 is 0 Å². The summed E-state index contributed by atoms with van der Waals surface area (Å²) in [4.78, 5) is 11.6. The van der Waals surface area contributed by atoms with Crippen molar-refractivity contribution in [3.8, 4) is 11.6 Å². The van der Waals surface area contributed by atoms with E-state index in [9.17, 15) is 0 Å². The highest BCUT2D eigenvalue weighted by atomic mass is 32.1. The fourth-order valence-electron chi connectivity index (χ4n) is 3.75. The summed E-state index contributed by atoms with van der Waals surface area (Å²) < 4.78 is 11.6. The van der Waals surface area contributed by atoms with Crippen LogP contribution in [-0.4, -0.2) is 47.4 Å². The number of thiocarbonyl (C=S) groups is 1. The third kappa shape index (κ3) is 6.03. The van der Waals surface area contributed by atoms with Crippen molar-refractivity contribution in [1.82, 2.24) is 15.3 Å². The van der Waals surface area contributed by atoms with Crippen molar-refractivity contribution in [2.45, 2.75) is 44.6 Å². The third-order valence-corrected chi connectivity index (χ3v) is 5.57. The Morgan fingerprint density at radius 3 is 2.63 bits per heavy atom. The molecule has 2 aliphatic heterocycles. The zero-order valence-electron chi connectivity index (χ0n) is 17.2. The summed E-state index contributed by atoms with van der Waals surface area (Å²) in [6, 6.07) is 11.6. The molecule has 0 unspecified atom stereocenters. The van der Waals surface area contributed by atoms with Crippen LogP contribution in [0.25, 0.3) is 0 Å². The van der Waals surface area contributed by atoms with Gasteiger partial charge < -0.3 is 25.0 Å². The minimum Gasteiger partial charge on any atom is -0.439 e. The summed E-state index contributed by atoms with van der Waals surface area (Å²) in [7, 11) is 0. The van der Waals surface area contributed by atoms with E-state index in [1.54, 1.807) is 0 Å². The Balaban J connectivity index is 1.49. The number of ether oxygens (including phenoxy) is 2. The molecule has 4 rings (SSSR count). The van der Waals surface area contributed by atoms with Gasteiger partial charge in [0.2, 0.25) is 11.8 Å². The molecular formula is C22H29N5O2S. The van der Waals surface area contributed by atoms with Crippen molar-refractivity contribution in [3.63, 3.8) is 0 Å². The molecule has 2 N–H and O–H groups in total. The van der Waals surface area contributed by atoms with Crippen LogP contribution in [0.2, 0.25) is 0 Å². The first-order valence-corrected chi connectivity index (χ1v) is 11.2. The van der Waals surface area contributed by atoms with E-state index in [0.29, 0.717) is 23.5 Å². The third-order valence-electron chi connectivity index (χ3n) is 5.32. The van der Waals surface area contributed by atoms with Gasteiger partial charge in [-0.05, 0) is 50.0 Å². The number of benzene rings is 1. The molecule has 0 aliphatic carbocycles. The second-order valence-corrected chi connectivity index (χ2v) is 8.08. The van der Waals surface area contributed by atoms with E-state index in [1.807, 2.05) is 36.4 Å². The number of aromatic nitrogens is 2. The first-order chi connectivity index (χ1) is 14.8. The lowest BCUT2D eigenvalue weighted by Gasteiger charge is -2.22. The molecule has 1 atom stereocenters. The van der Waals surface area contributed by atoms with Crippen molar-refractivity contribution < 1.29 is 9.47 Å². The van der Waals surface area contributed by atoms with Gasteiger partial charge in [-0.15, -0.1) is 0 Å². The van der Waals surface area contributed by atoms with Crippen molar-refractivity contribution in [2.24, 2.45) is 0 Å². The summed E-state index contributed by atoms with van der Waals surface area (Å²) in [5, 5.41) is 6.83. The molecular weight excluding hydrogens is 398 g/mol. The van der Waals surface area contributed by atoms with Crippen LogP contribution in [-0.2, 0) is 4.74 Å². The maximum Gasteiger partial charge on any atom is 0.234 e. The normalized spacial score (nSPS) is 19.2. The lowest BCUT2D eigenvalue weighted by atomic mass is 10.2. The summed E-state index contributed by atoms with van der Waals surface area (Å²) >= 11 is 5.45. The zero-order valence-corrected chi connectivity index (χ0v) is 18.0. The van der Waals surface area contributed by atoms with Gasteiger partial charge in [-0.1, -0.05) is 31.0 Å². The molecule has 2 aliphatic rings. The van der Waals surface area contributed by atoms with E-state index in [2.05, 4.69) is 20.5 Å². The van der Waals surface area contributed by atoms with Crippen LogP contribution >= 0.6 is 12.2 Å². The van der Waals surface area contributed by atoms with Crippen LogP contribution in [0.1, 0.15) is 38.5 Å². The molecule has 2 fully saturated rings. The molecule has 0 bridgehead atoms. The minimum atomic E-state index is 0.214. The molecule has 2 saturated heterocycles. The molecule has 160 valence electrons. The van der Waals surface area contributed by atoms with Crippen LogP contribution in [0.15, 0.2) is 36.4 Å². The number of nitrogens with zero attached hydrogens (tertiary/aromatic N) is 3. The first kappa shape index (κ1) is 20.8. The lowest BCUT2D eigenvalue weighted by Crippen LogP contribution is -2.35. The van der Waals surface area contributed by atoms with E-state index in [1.165, 1.54) is 25.7 Å². The summed E-state index contributed by atoms with van der Waals surface area (Å²) in [6.45, 7) is 3.49. The van der Waals surface area contributed by atoms with E-state index in [-0.39, 0.29) is 6.10 Å². The average molecular weight is 428 g/mol. The Morgan fingerprint density at radius 1 is 1.10 bits per heavy atom. The first-order valence-electron chi connectivity index (χ1n) is 10.8. The molecule has 7 nitrogen and oxygen atoms in total. The molecule has 0 spiro atoms. The van der Waals surface area contributed by atoms with Crippen molar-refractivity contribution in [2.75, 3.05) is 36.5 Å². The Morgan fingerprint density at radius 2 is 1.90 bits per heavy atom. The summed E-state index contributed by atoms with van der Waals surface area (Å²) in [5.41, 5.74) is 0. The lowest BCUT2D eigenvalue weighted by molar-refractivity contribution is 0.114. The van der Waals surface area contributed by atoms with Crippen LogP contribution in [0.5, 0.6) is 11.6 Å². The maximum absolute atomic E-state index is 6.00. The standard InChI is InChI=1S/C22H29N5O2S/c30-22(23-16-18-11-8-14-28-18)26-21-24-19(27-12-6-1-2-7-13-27)15-20(25-21)29-17-9-4-3-5-10-17/h3-5,9-10,15,18H,1-2,6-8,11-14,16H2,(H2,23,24,25,26,30)/t18-/m1/s1. The van der Waals surface area contributed by atoms with Crippen molar-refractivity contribution in [3.05, 3.63) is 36.4 Å². The van der Waals surface area contributed by atoms with Gasteiger partial charge in [0.1, 0.15) is 11.6 Å². The van der Waals surface area contributed by atoms with Gasteiger partial charge in [0, 0.05) is 32.3 Å². The van der Waals surface area contributed by atoms with Gasteiger partial charge in [-0.2, -0.15) is 9.97 Å². The van der Waals surface area contributed by atoms with Crippen LogP contribution in [0.3, 0.4) is 0 Å². The smallest absolute Gasteiger partial charge is 0.234 e. The molecule has 1 aromatic heterocycles. The topological polar surface area (TPSA) is 71.5 Å². The van der Waals surface area contributed by atoms with Gasteiger partial charge in [0.05, 0.1) is 6.10 Å². The van der Waals surface area contributed by atoms with Gasteiger partial charge in [-0.3, -0.25) is 0 Å². The fourth-order valence-corrected chi connectivity index (χ4v) is 3.92. The van der Waals surface area contributed by atoms with Gasteiger partial charge in [0.25, 0.3) is 0 Å². The predicted octanol–water partition coefficient (Wildman–Crippen LogP) is 4.11. The predicted molar refractivity (Wildman–Crippen MR) is 122 cm³/mol. The largest absolute Gasteiger partial charge is 0.439 e. The number of rotatable bonds is 6. The second-order valence-electron chi connectivity index (χ2n) is 7.67. The summed E-state index contributed by atoms with van der Waals surface area (Å²) in [5.74, 6) is 2.54. The fraction of sp³-hybridized carbons (Fsp3) is 0.500. The number of para-hydroxylation sites is 1. The molecule has 3 heterocycles. The quantitative estimate of drug-likeness (QED) is 0.668. The maximum atomic E-state index is 6.00. The Hall–Kier alpha value is -2.45. The molecule has 30 heavy (non-hydrogen) atoms. The minimum absolute atomic E-state index is 0.214. The molecule has 0 radical (unpaired) electrons. The zero-order chi connectivity index (χ0) is 20.6. The number of hydrogen-bond donors (Lipinski definition) is 2. The highest BCUT2D eigenvalue weighted by Gasteiger charge is 2.17. The number of nitrogens with one attached hydrogen (secondary N) is 2. The van der Waals surface area contributed by atoms with Crippen LogP contribution < -0.4 is 20.3 Å². The Bertz CT molecular complexity index is 822. The van der Waals surface area contributed by atoms with E-state index >= 15 is 0 Å². The molecule has 0 amide bonds. The number of anilines is 2. The highest BCUT2D eigenvalue weighted by molar-refractivity contribution is 7.80. The van der Waals surface area contributed by atoms with Crippen molar-refractivity contribution >= 4 is 29.1 Å². The van der Waals surface area contributed by atoms with Crippen LogP contribution in [0, 0.1) is 0 Å². The monoisotopic (exact) mass is 427 g/mol.